The molecular formula is C17H25BrN2O3. The molecule has 5 nitrogen and oxygen atoms in total. The highest BCUT2D eigenvalue weighted by atomic mass is 79.9. The Morgan fingerprint density at radius 1 is 1.17 bits per heavy atom. The van der Waals surface area contributed by atoms with Crippen LogP contribution in [0.4, 0.5) is 4.79 Å². The monoisotopic (exact) mass is 384 g/mol. The first-order valence-electron chi connectivity index (χ1n) is 7.49. The number of ether oxygens (including phenoxy) is 1. The van der Waals surface area contributed by atoms with Gasteiger partial charge in [-0.2, -0.15) is 0 Å². The highest BCUT2D eigenvalue weighted by molar-refractivity contribution is 9.10. The average Bonchev–Trinajstić information content (AvgIpc) is 2.32. The van der Waals surface area contributed by atoms with Crippen molar-refractivity contribution in [2.24, 2.45) is 0 Å². The smallest absolute Gasteiger partial charge is 0.408 e. The van der Waals surface area contributed by atoms with Crippen molar-refractivity contribution in [3.63, 3.8) is 0 Å². The van der Waals surface area contributed by atoms with Gasteiger partial charge in [0.25, 0.3) is 0 Å². The van der Waals surface area contributed by atoms with Gasteiger partial charge in [-0.05, 0) is 52.3 Å². The number of carbonyl (C=O) groups is 2. The highest BCUT2D eigenvalue weighted by Gasteiger charge is 2.26. The Hall–Kier alpha value is -1.56. The van der Waals surface area contributed by atoms with Crippen LogP contribution < -0.4 is 10.6 Å². The number of alkyl carbamates (subject to hydrolysis) is 1. The summed E-state index contributed by atoms with van der Waals surface area (Å²) in [4.78, 5) is 23.9. The molecule has 1 aromatic carbocycles. The van der Waals surface area contributed by atoms with Gasteiger partial charge in [-0.1, -0.05) is 28.1 Å². The van der Waals surface area contributed by atoms with Crippen LogP contribution in [0.5, 0.6) is 0 Å². The summed E-state index contributed by atoms with van der Waals surface area (Å²) in [5.41, 5.74) is -0.252. The van der Waals surface area contributed by atoms with E-state index < -0.39 is 17.2 Å². The minimum atomic E-state index is -0.691. The van der Waals surface area contributed by atoms with Crippen LogP contribution in [0.3, 0.4) is 0 Å². The molecular weight excluding hydrogens is 360 g/mol. The Labute approximate surface area is 146 Å². The van der Waals surface area contributed by atoms with Gasteiger partial charge < -0.3 is 15.4 Å². The van der Waals surface area contributed by atoms with Crippen molar-refractivity contribution in [3.05, 3.63) is 34.3 Å². The molecule has 1 aromatic rings. The maximum Gasteiger partial charge on any atom is 0.408 e. The fourth-order valence-electron chi connectivity index (χ4n) is 1.94. The second-order valence-electron chi connectivity index (χ2n) is 7.09. The molecule has 2 amide bonds. The zero-order valence-corrected chi connectivity index (χ0v) is 15.9. The zero-order valence-electron chi connectivity index (χ0n) is 14.3. The van der Waals surface area contributed by atoms with Crippen LogP contribution in [-0.4, -0.2) is 23.1 Å². The molecule has 0 aliphatic heterocycles. The zero-order chi connectivity index (χ0) is 17.7. The van der Waals surface area contributed by atoms with Gasteiger partial charge in [0.15, 0.2) is 0 Å². The molecule has 0 fully saturated rings. The number of carbonyl (C=O) groups excluding carboxylic acids is 2. The predicted octanol–water partition coefficient (Wildman–Crippen LogP) is 3.76. The lowest BCUT2D eigenvalue weighted by Gasteiger charge is -2.28. The molecule has 6 heteroatoms. The summed E-state index contributed by atoms with van der Waals surface area (Å²) >= 11 is 3.39. The van der Waals surface area contributed by atoms with Gasteiger partial charge in [-0.3, -0.25) is 4.79 Å². The van der Waals surface area contributed by atoms with Gasteiger partial charge >= 0.3 is 6.09 Å². The van der Waals surface area contributed by atoms with Crippen LogP contribution in [0.1, 0.15) is 46.6 Å². The molecule has 23 heavy (non-hydrogen) atoms. The molecule has 0 spiro atoms. The Kier molecular flexibility index (Phi) is 6.62. The Morgan fingerprint density at radius 3 is 2.39 bits per heavy atom. The fraction of sp³-hybridized carbons (Fsp3) is 0.529. The molecule has 0 heterocycles. The third-order valence-electron chi connectivity index (χ3n) is 2.82. The molecule has 0 unspecified atom stereocenters. The first kappa shape index (κ1) is 19.5. The van der Waals surface area contributed by atoms with E-state index in [1.54, 1.807) is 34.6 Å². The van der Waals surface area contributed by atoms with E-state index in [4.69, 9.17) is 4.74 Å². The van der Waals surface area contributed by atoms with Crippen LogP contribution >= 0.6 is 15.9 Å². The molecule has 0 radical (unpaired) electrons. The third-order valence-corrected chi connectivity index (χ3v) is 3.31. The summed E-state index contributed by atoms with van der Waals surface area (Å²) in [6, 6.07) is 7.73. The molecule has 0 aromatic heterocycles. The van der Waals surface area contributed by atoms with Crippen molar-refractivity contribution in [2.75, 3.05) is 0 Å². The Balaban J connectivity index is 2.46. The molecule has 0 aliphatic carbocycles. The summed E-state index contributed by atoms with van der Waals surface area (Å²) in [6.45, 7) is 9.41. The van der Waals surface area contributed by atoms with E-state index in [2.05, 4.69) is 26.6 Å². The van der Waals surface area contributed by atoms with E-state index in [9.17, 15) is 9.59 Å². The van der Waals surface area contributed by atoms with Crippen LogP contribution in [0, 0.1) is 0 Å². The van der Waals surface area contributed by atoms with Crippen molar-refractivity contribution in [1.82, 2.24) is 10.6 Å². The predicted molar refractivity (Wildman–Crippen MR) is 94.1 cm³/mol. The number of nitrogens with one attached hydrogen (secondary N) is 2. The highest BCUT2D eigenvalue weighted by Crippen LogP contribution is 2.13. The minimum absolute atomic E-state index is 0.133. The van der Waals surface area contributed by atoms with E-state index in [0.717, 1.165) is 10.0 Å². The summed E-state index contributed by atoms with van der Waals surface area (Å²) in [6.07, 6.45) is -0.359. The van der Waals surface area contributed by atoms with Crippen LogP contribution in [0.2, 0.25) is 0 Å². The summed E-state index contributed by atoms with van der Waals surface area (Å²) in [5, 5.41) is 5.57. The van der Waals surface area contributed by atoms with Crippen molar-refractivity contribution in [2.45, 2.75) is 58.7 Å². The fourth-order valence-corrected chi connectivity index (χ4v) is 2.38. The normalized spacial score (nSPS) is 11.7. The number of benzene rings is 1. The van der Waals surface area contributed by atoms with Crippen LogP contribution in [0.15, 0.2) is 28.7 Å². The topological polar surface area (TPSA) is 67.4 Å². The number of hydrogen-bond acceptors (Lipinski definition) is 3. The molecule has 0 saturated carbocycles. The summed E-state index contributed by atoms with van der Waals surface area (Å²) < 4.78 is 6.18. The van der Waals surface area contributed by atoms with Crippen LogP contribution in [-0.2, 0) is 16.1 Å². The maximum atomic E-state index is 12.1. The largest absolute Gasteiger partial charge is 0.444 e. The van der Waals surface area contributed by atoms with E-state index >= 15 is 0 Å². The van der Waals surface area contributed by atoms with Gasteiger partial charge in [0.05, 0.1) is 0 Å². The Morgan fingerprint density at radius 2 is 1.83 bits per heavy atom. The summed E-state index contributed by atoms with van der Waals surface area (Å²) in [7, 11) is 0. The van der Waals surface area contributed by atoms with Crippen LogP contribution in [0.25, 0.3) is 0 Å². The van der Waals surface area contributed by atoms with Crippen molar-refractivity contribution in [1.29, 1.82) is 0 Å². The van der Waals surface area contributed by atoms with E-state index in [1.165, 1.54) is 0 Å². The second-order valence-corrected chi connectivity index (χ2v) is 8.01. The molecule has 2 N–H and O–H groups in total. The maximum absolute atomic E-state index is 12.1. The first-order chi connectivity index (χ1) is 10.5. The molecule has 0 saturated heterocycles. The van der Waals surface area contributed by atoms with E-state index in [1.807, 2.05) is 24.3 Å². The summed E-state index contributed by atoms with van der Waals surface area (Å²) in [5.74, 6) is -0.133. The van der Waals surface area contributed by atoms with Gasteiger partial charge in [0, 0.05) is 23.0 Å². The lowest BCUT2D eigenvalue weighted by molar-refractivity contribution is -0.122. The lowest BCUT2D eigenvalue weighted by atomic mass is 10.0. The van der Waals surface area contributed by atoms with Gasteiger partial charge in [-0.25, -0.2) is 4.79 Å². The van der Waals surface area contributed by atoms with Crippen molar-refractivity contribution >= 4 is 27.9 Å². The molecule has 0 atom stereocenters. The molecule has 1 rings (SSSR count). The van der Waals surface area contributed by atoms with E-state index in [-0.39, 0.29) is 12.3 Å². The first-order valence-corrected chi connectivity index (χ1v) is 8.28. The number of rotatable bonds is 5. The van der Waals surface area contributed by atoms with Gasteiger partial charge in [0.1, 0.15) is 5.60 Å². The van der Waals surface area contributed by atoms with Crippen molar-refractivity contribution < 1.29 is 14.3 Å². The van der Waals surface area contributed by atoms with Crippen molar-refractivity contribution in [3.8, 4) is 0 Å². The lowest BCUT2D eigenvalue weighted by Crippen LogP contribution is -2.48. The quantitative estimate of drug-likeness (QED) is 0.811. The third kappa shape index (κ3) is 8.59. The number of halogens is 1. The minimum Gasteiger partial charge on any atom is -0.444 e. The molecule has 0 aliphatic rings. The Bertz CT molecular complexity index is 565. The molecule has 0 bridgehead atoms. The average molecular weight is 385 g/mol. The number of hydrogen-bond donors (Lipinski definition) is 2. The van der Waals surface area contributed by atoms with Gasteiger partial charge in [0.2, 0.25) is 5.91 Å². The van der Waals surface area contributed by atoms with Gasteiger partial charge in [-0.15, -0.1) is 0 Å². The molecule has 128 valence electrons. The number of amides is 2. The van der Waals surface area contributed by atoms with E-state index in [0.29, 0.717) is 6.54 Å². The second kappa shape index (κ2) is 7.81. The SMILES string of the molecule is CC(C)(CC(=O)NCc1cccc(Br)c1)NC(=O)OC(C)(C)C. The standard InChI is InChI=1S/C17H25BrN2O3/c1-16(2,3)23-15(22)20-17(4,5)10-14(21)19-11-12-7-6-8-13(18)9-12/h6-9H,10-11H2,1-5H3,(H,19,21)(H,20,22).